The van der Waals surface area contributed by atoms with Crippen LogP contribution in [0.15, 0.2) is 42.5 Å². The normalized spacial score (nSPS) is 10.1. The van der Waals surface area contributed by atoms with Gasteiger partial charge in [-0.1, -0.05) is 24.3 Å². The average molecular weight is 344 g/mol. The molecular formula is C18H20N2O3S. The van der Waals surface area contributed by atoms with Crippen molar-refractivity contribution >= 4 is 28.9 Å². The van der Waals surface area contributed by atoms with E-state index in [9.17, 15) is 4.79 Å². The summed E-state index contributed by atoms with van der Waals surface area (Å²) in [7, 11) is 0. The highest BCUT2D eigenvalue weighted by Crippen LogP contribution is 2.18. The van der Waals surface area contributed by atoms with Crippen molar-refractivity contribution in [3.05, 3.63) is 59.2 Å². The topological polar surface area (TPSA) is 70.6 Å². The van der Waals surface area contributed by atoms with Gasteiger partial charge in [-0.3, -0.25) is 10.1 Å². The van der Waals surface area contributed by atoms with Crippen LogP contribution in [0.2, 0.25) is 0 Å². The van der Waals surface area contributed by atoms with E-state index in [0.29, 0.717) is 11.4 Å². The number of aliphatic hydroxyl groups excluding tert-OH is 1. The summed E-state index contributed by atoms with van der Waals surface area (Å²) in [6.45, 7) is 3.71. The third-order valence-electron chi connectivity index (χ3n) is 3.32. The predicted octanol–water partition coefficient (Wildman–Crippen LogP) is 2.69. The fourth-order valence-corrected chi connectivity index (χ4v) is 2.31. The molecule has 0 atom stereocenters. The van der Waals surface area contributed by atoms with Crippen LogP contribution in [0.4, 0.5) is 5.69 Å². The van der Waals surface area contributed by atoms with Gasteiger partial charge in [0.15, 0.2) is 11.7 Å². The summed E-state index contributed by atoms with van der Waals surface area (Å²) < 4.78 is 5.53. The third-order valence-corrected chi connectivity index (χ3v) is 3.53. The molecule has 5 nitrogen and oxygen atoms in total. The number of amides is 1. The second kappa shape index (κ2) is 8.42. The van der Waals surface area contributed by atoms with Crippen molar-refractivity contribution < 1.29 is 14.6 Å². The number of carbonyl (C=O) groups is 1. The van der Waals surface area contributed by atoms with E-state index in [1.54, 1.807) is 24.3 Å². The zero-order valence-corrected chi connectivity index (χ0v) is 14.4. The molecule has 2 rings (SSSR count). The van der Waals surface area contributed by atoms with Crippen molar-refractivity contribution in [2.45, 2.75) is 20.5 Å². The summed E-state index contributed by atoms with van der Waals surface area (Å²) in [5, 5.41) is 14.8. The molecule has 0 radical (unpaired) electrons. The van der Waals surface area contributed by atoms with Crippen LogP contribution in [0.5, 0.6) is 5.75 Å². The second-order valence-corrected chi connectivity index (χ2v) is 5.83. The van der Waals surface area contributed by atoms with E-state index in [4.69, 9.17) is 22.1 Å². The number of benzene rings is 2. The van der Waals surface area contributed by atoms with Gasteiger partial charge in [0.1, 0.15) is 5.75 Å². The summed E-state index contributed by atoms with van der Waals surface area (Å²) in [5.41, 5.74) is 3.49. The van der Waals surface area contributed by atoms with Crippen molar-refractivity contribution in [3.63, 3.8) is 0 Å². The highest BCUT2D eigenvalue weighted by molar-refractivity contribution is 7.80. The molecule has 0 saturated heterocycles. The van der Waals surface area contributed by atoms with Gasteiger partial charge >= 0.3 is 0 Å². The maximum atomic E-state index is 11.9. The lowest BCUT2D eigenvalue weighted by Crippen LogP contribution is -2.37. The summed E-state index contributed by atoms with van der Waals surface area (Å²) in [5.74, 6) is 0.339. The van der Waals surface area contributed by atoms with Crippen LogP contribution in [-0.2, 0) is 11.4 Å². The van der Waals surface area contributed by atoms with Crippen LogP contribution in [0.25, 0.3) is 0 Å². The maximum Gasteiger partial charge on any atom is 0.264 e. The monoisotopic (exact) mass is 344 g/mol. The number of thiocarbonyl (C=S) groups is 1. The van der Waals surface area contributed by atoms with E-state index in [-0.39, 0.29) is 24.2 Å². The van der Waals surface area contributed by atoms with Gasteiger partial charge in [0.2, 0.25) is 0 Å². The molecule has 0 unspecified atom stereocenters. The number of ether oxygens (including phenoxy) is 1. The highest BCUT2D eigenvalue weighted by atomic mass is 32.1. The summed E-state index contributed by atoms with van der Waals surface area (Å²) in [6, 6.07) is 13.0. The molecule has 0 bridgehead atoms. The van der Waals surface area contributed by atoms with Crippen LogP contribution in [0.1, 0.15) is 16.7 Å². The predicted molar refractivity (Wildman–Crippen MR) is 98.1 cm³/mol. The Morgan fingerprint density at radius 3 is 2.75 bits per heavy atom. The Bertz CT molecular complexity index is 747. The van der Waals surface area contributed by atoms with Gasteiger partial charge in [0.25, 0.3) is 5.91 Å². The summed E-state index contributed by atoms with van der Waals surface area (Å²) in [4.78, 5) is 11.9. The molecule has 2 aromatic carbocycles. The van der Waals surface area contributed by atoms with Crippen LogP contribution in [-0.4, -0.2) is 22.7 Å². The molecule has 0 spiro atoms. The van der Waals surface area contributed by atoms with Crippen molar-refractivity contribution in [3.8, 4) is 5.75 Å². The first-order chi connectivity index (χ1) is 11.5. The van der Waals surface area contributed by atoms with E-state index in [2.05, 4.69) is 10.6 Å². The third kappa shape index (κ3) is 5.33. The molecule has 6 heteroatoms. The van der Waals surface area contributed by atoms with Gasteiger partial charge in [-0.25, -0.2) is 0 Å². The number of aryl methyl sites for hydroxylation is 2. The zero-order chi connectivity index (χ0) is 17.5. The van der Waals surface area contributed by atoms with Gasteiger partial charge in [-0.15, -0.1) is 0 Å². The standard InChI is InChI=1S/C18H20N2O3S/c1-12-6-7-13(2)16(8-12)23-11-17(22)20-18(24)19-15-5-3-4-14(9-15)10-21/h3-9,21H,10-11H2,1-2H3,(H2,19,20,22,24). The molecule has 126 valence electrons. The van der Waals surface area contributed by atoms with Crippen LogP contribution in [0.3, 0.4) is 0 Å². The lowest BCUT2D eigenvalue weighted by atomic mass is 10.1. The Morgan fingerprint density at radius 2 is 2.00 bits per heavy atom. The largest absolute Gasteiger partial charge is 0.483 e. The molecule has 0 aliphatic heterocycles. The molecule has 3 N–H and O–H groups in total. The van der Waals surface area contributed by atoms with E-state index in [1.807, 2.05) is 32.0 Å². The Hall–Kier alpha value is -2.44. The lowest BCUT2D eigenvalue weighted by molar-refractivity contribution is -0.121. The summed E-state index contributed by atoms with van der Waals surface area (Å²) in [6.07, 6.45) is 0. The SMILES string of the molecule is Cc1ccc(C)c(OCC(=O)NC(=S)Nc2cccc(CO)c2)c1. The Morgan fingerprint density at radius 1 is 1.21 bits per heavy atom. The van der Waals surface area contributed by atoms with Crippen molar-refractivity contribution in [2.24, 2.45) is 0 Å². The summed E-state index contributed by atoms with van der Waals surface area (Å²) >= 11 is 5.11. The van der Waals surface area contributed by atoms with Crippen molar-refractivity contribution in [2.75, 3.05) is 11.9 Å². The fraction of sp³-hybridized carbons (Fsp3) is 0.222. The van der Waals surface area contributed by atoms with E-state index >= 15 is 0 Å². The number of aliphatic hydroxyl groups is 1. The Kier molecular flexibility index (Phi) is 6.28. The number of hydrogen-bond acceptors (Lipinski definition) is 4. The molecule has 0 aliphatic rings. The fourth-order valence-electron chi connectivity index (χ4n) is 2.08. The minimum absolute atomic E-state index is 0.0572. The van der Waals surface area contributed by atoms with Gasteiger partial charge in [0, 0.05) is 5.69 Å². The van der Waals surface area contributed by atoms with Gasteiger partial charge < -0.3 is 15.2 Å². The van der Waals surface area contributed by atoms with E-state index in [0.717, 1.165) is 16.7 Å². The van der Waals surface area contributed by atoms with Gasteiger partial charge in [0.05, 0.1) is 6.61 Å². The molecule has 0 saturated carbocycles. The molecule has 0 aromatic heterocycles. The van der Waals surface area contributed by atoms with Gasteiger partial charge in [-0.05, 0) is 61.0 Å². The number of rotatable bonds is 5. The first-order valence-electron chi connectivity index (χ1n) is 7.48. The smallest absolute Gasteiger partial charge is 0.264 e. The highest BCUT2D eigenvalue weighted by Gasteiger charge is 2.08. The van der Waals surface area contributed by atoms with E-state index < -0.39 is 0 Å². The number of anilines is 1. The van der Waals surface area contributed by atoms with Gasteiger partial charge in [-0.2, -0.15) is 0 Å². The molecular weight excluding hydrogens is 324 g/mol. The molecule has 0 heterocycles. The maximum absolute atomic E-state index is 11.9. The molecule has 0 aliphatic carbocycles. The minimum atomic E-state index is -0.341. The first-order valence-corrected chi connectivity index (χ1v) is 7.89. The number of carbonyl (C=O) groups excluding carboxylic acids is 1. The van der Waals surface area contributed by atoms with Crippen LogP contribution >= 0.6 is 12.2 Å². The van der Waals surface area contributed by atoms with Crippen LogP contribution < -0.4 is 15.4 Å². The average Bonchev–Trinajstić information content (AvgIpc) is 2.55. The quantitative estimate of drug-likeness (QED) is 0.728. The minimum Gasteiger partial charge on any atom is -0.483 e. The van der Waals surface area contributed by atoms with Crippen LogP contribution in [0, 0.1) is 13.8 Å². The Balaban J connectivity index is 1.85. The van der Waals surface area contributed by atoms with Crippen molar-refractivity contribution in [1.82, 2.24) is 5.32 Å². The molecule has 0 fully saturated rings. The van der Waals surface area contributed by atoms with E-state index in [1.165, 1.54) is 0 Å². The Labute approximate surface area is 146 Å². The number of nitrogens with one attached hydrogen (secondary N) is 2. The first kappa shape index (κ1) is 17.9. The molecule has 1 amide bonds. The molecule has 24 heavy (non-hydrogen) atoms. The molecule has 2 aromatic rings. The zero-order valence-electron chi connectivity index (χ0n) is 13.6. The number of hydrogen-bond donors (Lipinski definition) is 3. The lowest BCUT2D eigenvalue weighted by Gasteiger charge is -2.12. The second-order valence-electron chi connectivity index (χ2n) is 5.42. The van der Waals surface area contributed by atoms with Crippen molar-refractivity contribution in [1.29, 1.82) is 0 Å².